The molecule has 304 valence electrons. The molecule has 0 aliphatic heterocycles. The normalized spacial score (nSPS) is 11.9. The Labute approximate surface area is 381 Å². The van der Waals surface area contributed by atoms with Crippen LogP contribution in [0.25, 0.3) is 125 Å². The molecule has 6 heteroatoms. The standard InChI is InChI=1S/C60H33N5S/c61-34-46-57(65-52-27-13-7-22-45(52)56-53(65)32-31-44-43-21-8-14-28-54(43)66-60(44)56)47(35-62)59(64-50-25-11-5-19-41(50)42-20-6-12-26-51(42)64)55(38-30-29-36-15-1-2-16-37(36)33-38)58(46)63-48-23-9-3-17-39(48)40-18-4-10-24-49(40)63/h1-33H. The molecule has 14 aromatic rings. The molecule has 0 bridgehead atoms. The first-order valence-electron chi connectivity index (χ1n) is 22.1. The van der Waals surface area contributed by atoms with Crippen LogP contribution in [0.4, 0.5) is 0 Å². The average Bonchev–Trinajstić information content (AvgIpc) is 4.12. The van der Waals surface area contributed by atoms with Crippen molar-refractivity contribution in [3.05, 3.63) is 211 Å². The number of hydrogen-bond donors (Lipinski definition) is 0. The Morgan fingerprint density at radius 2 is 0.788 bits per heavy atom. The van der Waals surface area contributed by atoms with E-state index in [1.807, 2.05) is 0 Å². The molecule has 66 heavy (non-hydrogen) atoms. The second-order valence-electron chi connectivity index (χ2n) is 17.0. The predicted molar refractivity (Wildman–Crippen MR) is 275 cm³/mol. The molecular weight excluding hydrogens is 823 g/mol. The predicted octanol–water partition coefficient (Wildman–Crippen LogP) is 15.9. The van der Waals surface area contributed by atoms with E-state index in [1.54, 1.807) is 11.3 Å². The van der Waals surface area contributed by atoms with E-state index in [1.165, 1.54) is 20.2 Å². The van der Waals surface area contributed by atoms with Gasteiger partial charge in [0.25, 0.3) is 0 Å². The van der Waals surface area contributed by atoms with Gasteiger partial charge in [-0.25, -0.2) is 0 Å². The largest absolute Gasteiger partial charge is 0.307 e. The molecule has 0 aliphatic rings. The van der Waals surface area contributed by atoms with Crippen LogP contribution in [0.2, 0.25) is 0 Å². The van der Waals surface area contributed by atoms with Gasteiger partial charge in [0, 0.05) is 58.1 Å². The number of fused-ring (bicyclic) bond motifs is 14. The molecular formula is C60H33N5S. The van der Waals surface area contributed by atoms with Gasteiger partial charge in [-0.1, -0.05) is 152 Å². The molecule has 0 atom stereocenters. The monoisotopic (exact) mass is 855 g/mol. The van der Waals surface area contributed by atoms with E-state index in [0.717, 1.165) is 87.3 Å². The number of rotatable bonds is 4. The van der Waals surface area contributed by atoms with Gasteiger partial charge in [0.05, 0.1) is 50.2 Å². The van der Waals surface area contributed by atoms with E-state index in [9.17, 15) is 10.5 Å². The first kappa shape index (κ1) is 36.5. The maximum atomic E-state index is 12.2. The van der Waals surface area contributed by atoms with Gasteiger partial charge in [0.15, 0.2) is 0 Å². The number of nitrogens with zero attached hydrogens (tertiary/aromatic N) is 5. The van der Waals surface area contributed by atoms with Gasteiger partial charge < -0.3 is 13.7 Å². The zero-order valence-corrected chi connectivity index (χ0v) is 36.0. The van der Waals surface area contributed by atoms with E-state index >= 15 is 0 Å². The lowest BCUT2D eigenvalue weighted by Gasteiger charge is -2.26. The van der Waals surface area contributed by atoms with Gasteiger partial charge in [-0.2, -0.15) is 10.5 Å². The van der Waals surface area contributed by atoms with E-state index in [2.05, 4.69) is 226 Å². The van der Waals surface area contributed by atoms with E-state index < -0.39 is 0 Å². The molecule has 4 heterocycles. The van der Waals surface area contributed by atoms with Crippen molar-refractivity contribution in [1.29, 1.82) is 10.5 Å². The van der Waals surface area contributed by atoms with Gasteiger partial charge in [0.2, 0.25) is 0 Å². The lowest BCUT2D eigenvalue weighted by Crippen LogP contribution is -2.14. The number of nitriles is 2. The molecule has 0 saturated heterocycles. The summed E-state index contributed by atoms with van der Waals surface area (Å²) in [6, 6.07) is 75.9. The maximum absolute atomic E-state index is 12.2. The van der Waals surface area contributed by atoms with Crippen molar-refractivity contribution >= 4 is 108 Å². The molecule has 0 spiro atoms. The first-order chi connectivity index (χ1) is 32.7. The molecule has 0 unspecified atom stereocenters. The van der Waals surface area contributed by atoms with Gasteiger partial charge in [-0.3, -0.25) is 0 Å². The highest BCUT2D eigenvalue weighted by Gasteiger charge is 2.33. The van der Waals surface area contributed by atoms with Crippen LogP contribution in [-0.2, 0) is 0 Å². The molecule has 10 aromatic carbocycles. The van der Waals surface area contributed by atoms with Crippen LogP contribution in [-0.4, -0.2) is 13.7 Å². The van der Waals surface area contributed by atoms with Gasteiger partial charge in [0.1, 0.15) is 23.3 Å². The quantitative estimate of drug-likeness (QED) is 0.177. The van der Waals surface area contributed by atoms with Crippen LogP contribution in [0.1, 0.15) is 11.1 Å². The Morgan fingerprint density at radius 1 is 0.348 bits per heavy atom. The molecule has 0 amide bonds. The second kappa shape index (κ2) is 13.8. The van der Waals surface area contributed by atoms with Crippen LogP contribution in [0.5, 0.6) is 0 Å². The highest BCUT2D eigenvalue weighted by Crippen LogP contribution is 2.50. The molecule has 0 radical (unpaired) electrons. The lowest BCUT2D eigenvalue weighted by molar-refractivity contribution is 1.08. The Morgan fingerprint density at radius 3 is 1.33 bits per heavy atom. The summed E-state index contributed by atoms with van der Waals surface area (Å²) in [6.07, 6.45) is 0. The van der Waals surface area contributed by atoms with E-state index in [4.69, 9.17) is 0 Å². The van der Waals surface area contributed by atoms with Crippen LogP contribution < -0.4 is 0 Å². The summed E-state index contributed by atoms with van der Waals surface area (Å²) in [4.78, 5) is 0. The van der Waals surface area contributed by atoms with E-state index in [-0.39, 0.29) is 0 Å². The lowest BCUT2D eigenvalue weighted by atomic mass is 9.90. The molecule has 14 rings (SSSR count). The number of thiophene rings is 1. The third-order valence-corrected chi connectivity index (χ3v) is 14.9. The van der Waals surface area contributed by atoms with E-state index in [0.29, 0.717) is 28.2 Å². The Kier molecular flexibility index (Phi) is 7.63. The molecule has 0 saturated carbocycles. The highest BCUT2D eigenvalue weighted by molar-refractivity contribution is 7.26. The highest BCUT2D eigenvalue weighted by atomic mass is 32.1. The van der Waals surface area contributed by atoms with Crippen LogP contribution in [0.3, 0.4) is 0 Å². The van der Waals surface area contributed by atoms with Crippen molar-refractivity contribution in [3.8, 4) is 40.3 Å². The Bertz CT molecular complexity index is 4240. The smallest absolute Gasteiger partial charge is 0.104 e. The maximum Gasteiger partial charge on any atom is 0.104 e. The van der Waals surface area contributed by atoms with Gasteiger partial charge >= 0.3 is 0 Å². The average molecular weight is 856 g/mol. The summed E-state index contributed by atoms with van der Waals surface area (Å²) in [5.41, 5.74) is 10.2. The second-order valence-corrected chi connectivity index (χ2v) is 18.0. The zero-order chi connectivity index (χ0) is 43.6. The van der Waals surface area contributed by atoms with Gasteiger partial charge in [-0.05, 0) is 64.9 Å². The van der Waals surface area contributed by atoms with Crippen molar-refractivity contribution in [3.63, 3.8) is 0 Å². The molecule has 0 aliphatic carbocycles. The molecule has 4 aromatic heterocycles. The summed E-state index contributed by atoms with van der Waals surface area (Å²) in [5, 5.41) is 35.4. The zero-order valence-electron chi connectivity index (χ0n) is 35.2. The summed E-state index contributed by atoms with van der Waals surface area (Å²) < 4.78 is 9.18. The number of aromatic nitrogens is 3. The number of para-hydroxylation sites is 5. The summed E-state index contributed by atoms with van der Waals surface area (Å²) in [6.45, 7) is 0. The molecule has 0 fully saturated rings. The third kappa shape index (κ3) is 4.85. The Hall–Kier alpha value is -8.94. The summed E-state index contributed by atoms with van der Waals surface area (Å²) in [5.74, 6) is 0. The fourth-order valence-corrected chi connectivity index (χ4v) is 12.3. The minimum atomic E-state index is 0.407. The SMILES string of the molecule is N#Cc1c(-n2c3ccccc3c3ccccc32)c(-c2ccc3ccccc3c2)c(-n2c3ccccc3c3ccccc32)c(C#N)c1-n1c2ccccc2c2c3sc4ccccc4c3ccc21. The number of hydrogen-bond acceptors (Lipinski definition) is 3. The minimum absolute atomic E-state index is 0.407. The van der Waals surface area contributed by atoms with Gasteiger partial charge in [-0.15, -0.1) is 11.3 Å². The van der Waals surface area contributed by atoms with Crippen molar-refractivity contribution < 1.29 is 0 Å². The fraction of sp³-hybridized carbons (Fsp3) is 0. The molecule has 5 nitrogen and oxygen atoms in total. The number of benzene rings is 10. The Balaban J connectivity index is 1.29. The van der Waals surface area contributed by atoms with Crippen molar-refractivity contribution in [1.82, 2.24) is 13.7 Å². The van der Waals surface area contributed by atoms with Crippen molar-refractivity contribution in [2.24, 2.45) is 0 Å². The van der Waals surface area contributed by atoms with Crippen LogP contribution in [0, 0.1) is 22.7 Å². The third-order valence-electron chi connectivity index (χ3n) is 13.7. The topological polar surface area (TPSA) is 62.4 Å². The van der Waals surface area contributed by atoms with Crippen molar-refractivity contribution in [2.75, 3.05) is 0 Å². The molecule has 0 N–H and O–H groups in total. The summed E-state index contributed by atoms with van der Waals surface area (Å²) >= 11 is 1.79. The van der Waals surface area contributed by atoms with Crippen LogP contribution >= 0.6 is 11.3 Å². The minimum Gasteiger partial charge on any atom is -0.307 e. The fourth-order valence-electron chi connectivity index (χ4n) is 11.0. The van der Waals surface area contributed by atoms with Crippen LogP contribution in [0.15, 0.2) is 200 Å². The first-order valence-corrected chi connectivity index (χ1v) is 22.9. The summed E-state index contributed by atoms with van der Waals surface area (Å²) in [7, 11) is 0. The van der Waals surface area contributed by atoms with Crippen molar-refractivity contribution in [2.45, 2.75) is 0 Å².